The zero-order valence-electron chi connectivity index (χ0n) is 10.7. The number of aryl methyl sites for hydroxylation is 2. The van der Waals surface area contributed by atoms with Gasteiger partial charge in [-0.25, -0.2) is 4.98 Å². The minimum Gasteiger partial charge on any atom is -0.441 e. The van der Waals surface area contributed by atoms with Crippen LogP contribution in [0.15, 0.2) is 33.3 Å². The van der Waals surface area contributed by atoms with Crippen LogP contribution in [-0.2, 0) is 6.42 Å². The van der Waals surface area contributed by atoms with E-state index in [-0.39, 0.29) is 0 Å². The molecule has 1 aromatic carbocycles. The van der Waals surface area contributed by atoms with E-state index in [0.29, 0.717) is 0 Å². The maximum atomic E-state index is 5.78. The second kappa shape index (κ2) is 6.16. The van der Waals surface area contributed by atoms with Gasteiger partial charge in [-0.1, -0.05) is 27.6 Å². The molecular formula is C14H17BrN2O. The van der Waals surface area contributed by atoms with Crippen molar-refractivity contribution in [2.75, 3.05) is 13.6 Å². The third-order valence-electron chi connectivity index (χ3n) is 2.76. The standard InChI is InChI=1S/C14H17BrN2O/c1-10-5-6-12(15)11(8-10)13-9-17-14(18-13)4-3-7-16-2/h5-6,8-9,16H,3-4,7H2,1-2H3. The molecule has 0 radical (unpaired) electrons. The molecule has 0 unspecified atom stereocenters. The second-order valence-corrected chi connectivity index (χ2v) is 5.16. The van der Waals surface area contributed by atoms with Crippen LogP contribution >= 0.6 is 15.9 Å². The highest BCUT2D eigenvalue weighted by Gasteiger charge is 2.09. The van der Waals surface area contributed by atoms with E-state index < -0.39 is 0 Å². The molecule has 0 aliphatic carbocycles. The molecule has 0 fully saturated rings. The van der Waals surface area contributed by atoms with E-state index in [2.05, 4.69) is 45.3 Å². The van der Waals surface area contributed by atoms with E-state index >= 15 is 0 Å². The monoisotopic (exact) mass is 308 g/mol. The van der Waals surface area contributed by atoms with Crippen molar-refractivity contribution in [3.05, 3.63) is 40.3 Å². The Morgan fingerprint density at radius 2 is 2.22 bits per heavy atom. The smallest absolute Gasteiger partial charge is 0.194 e. The summed E-state index contributed by atoms with van der Waals surface area (Å²) in [6, 6.07) is 6.20. The predicted octanol–water partition coefficient (Wildman–Crippen LogP) is 3.56. The number of aromatic nitrogens is 1. The second-order valence-electron chi connectivity index (χ2n) is 4.31. The lowest BCUT2D eigenvalue weighted by atomic mass is 10.1. The van der Waals surface area contributed by atoms with E-state index in [4.69, 9.17) is 4.42 Å². The highest BCUT2D eigenvalue weighted by atomic mass is 79.9. The minimum atomic E-state index is 0.800. The molecule has 0 aliphatic heterocycles. The number of nitrogens with zero attached hydrogens (tertiary/aromatic N) is 1. The minimum absolute atomic E-state index is 0.800. The maximum absolute atomic E-state index is 5.78. The molecular weight excluding hydrogens is 292 g/mol. The van der Waals surface area contributed by atoms with Crippen molar-refractivity contribution in [2.45, 2.75) is 19.8 Å². The van der Waals surface area contributed by atoms with Crippen molar-refractivity contribution in [2.24, 2.45) is 0 Å². The summed E-state index contributed by atoms with van der Waals surface area (Å²) in [5.74, 6) is 1.62. The molecule has 0 spiro atoms. The average Bonchev–Trinajstić information content (AvgIpc) is 2.81. The average molecular weight is 309 g/mol. The first-order chi connectivity index (χ1) is 8.70. The number of oxazole rings is 1. The van der Waals surface area contributed by atoms with Gasteiger partial charge in [0.05, 0.1) is 6.20 Å². The third kappa shape index (κ3) is 3.21. The van der Waals surface area contributed by atoms with Crippen molar-refractivity contribution in [3.63, 3.8) is 0 Å². The molecule has 1 aromatic heterocycles. The molecule has 2 rings (SSSR count). The lowest BCUT2D eigenvalue weighted by Gasteiger charge is -2.02. The van der Waals surface area contributed by atoms with Gasteiger partial charge in [-0.3, -0.25) is 0 Å². The molecule has 0 saturated carbocycles. The van der Waals surface area contributed by atoms with Gasteiger partial charge in [0.1, 0.15) is 0 Å². The van der Waals surface area contributed by atoms with E-state index in [9.17, 15) is 0 Å². The van der Waals surface area contributed by atoms with E-state index in [1.807, 2.05) is 13.1 Å². The van der Waals surface area contributed by atoms with Gasteiger partial charge in [0.2, 0.25) is 0 Å². The molecule has 0 atom stereocenters. The van der Waals surface area contributed by atoms with Gasteiger partial charge in [0, 0.05) is 16.5 Å². The number of benzene rings is 1. The summed E-state index contributed by atoms with van der Waals surface area (Å²) in [6.07, 6.45) is 3.70. The number of hydrogen-bond donors (Lipinski definition) is 1. The zero-order chi connectivity index (χ0) is 13.0. The summed E-state index contributed by atoms with van der Waals surface area (Å²) < 4.78 is 6.82. The van der Waals surface area contributed by atoms with Crippen molar-refractivity contribution >= 4 is 15.9 Å². The van der Waals surface area contributed by atoms with Crippen LogP contribution in [-0.4, -0.2) is 18.6 Å². The number of rotatable bonds is 5. The van der Waals surface area contributed by atoms with Crippen molar-refractivity contribution in [1.82, 2.24) is 10.3 Å². The van der Waals surface area contributed by atoms with E-state index in [1.54, 1.807) is 6.20 Å². The van der Waals surface area contributed by atoms with Crippen LogP contribution in [0.2, 0.25) is 0 Å². The molecule has 0 amide bonds. The van der Waals surface area contributed by atoms with Crippen molar-refractivity contribution < 1.29 is 4.42 Å². The molecule has 1 heterocycles. The summed E-state index contributed by atoms with van der Waals surface area (Å²) in [4.78, 5) is 4.32. The lowest BCUT2D eigenvalue weighted by Crippen LogP contribution is -2.08. The van der Waals surface area contributed by atoms with Crippen LogP contribution in [0.4, 0.5) is 0 Å². The molecule has 0 aliphatic rings. The Labute approximate surface area is 116 Å². The molecule has 0 saturated heterocycles. The Hall–Kier alpha value is -1.13. The Balaban J connectivity index is 2.16. The molecule has 96 valence electrons. The number of nitrogens with one attached hydrogen (secondary N) is 1. The summed E-state index contributed by atoms with van der Waals surface area (Å²) in [7, 11) is 1.95. The maximum Gasteiger partial charge on any atom is 0.194 e. The summed E-state index contributed by atoms with van der Waals surface area (Å²) in [6.45, 7) is 3.05. The first-order valence-electron chi connectivity index (χ1n) is 6.06. The zero-order valence-corrected chi connectivity index (χ0v) is 12.3. The first kappa shape index (κ1) is 13.3. The van der Waals surface area contributed by atoms with E-state index in [0.717, 1.165) is 41.1 Å². The Morgan fingerprint density at radius 3 is 3.00 bits per heavy atom. The first-order valence-corrected chi connectivity index (χ1v) is 6.86. The van der Waals surface area contributed by atoms with Gasteiger partial charge in [0.15, 0.2) is 11.7 Å². The highest BCUT2D eigenvalue weighted by molar-refractivity contribution is 9.10. The van der Waals surface area contributed by atoms with Crippen LogP contribution in [0.25, 0.3) is 11.3 Å². The van der Waals surface area contributed by atoms with Crippen LogP contribution in [0.3, 0.4) is 0 Å². The highest BCUT2D eigenvalue weighted by Crippen LogP contribution is 2.29. The predicted molar refractivity (Wildman–Crippen MR) is 76.6 cm³/mol. The largest absolute Gasteiger partial charge is 0.441 e. The fourth-order valence-corrected chi connectivity index (χ4v) is 2.24. The SMILES string of the molecule is CNCCCc1ncc(-c2cc(C)ccc2Br)o1. The molecule has 1 N–H and O–H groups in total. The normalized spacial score (nSPS) is 10.8. The number of halogens is 1. The summed E-state index contributed by atoms with van der Waals surface area (Å²) in [5.41, 5.74) is 2.27. The topological polar surface area (TPSA) is 38.1 Å². The fraction of sp³-hybridized carbons (Fsp3) is 0.357. The summed E-state index contributed by atoms with van der Waals surface area (Å²) >= 11 is 3.54. The van der Waals surface area contributed by atoms with Crippen LogP contribution in [0, 0.1) is 6.92 Å². The number of hydrogen-bond acceptors (Lipinski definition) is 3. The van der Waals surface area contributed by atoms with Crippen molar-refractivity contribution in [3.8, 4) is 11.3 Å². The van der Waals surface area contributed by atoms with Gasteiger partial charge in [-0.05, 0) is 39.1 Å². The van der Waals surface area contributed by atoms with Gasteiger partial charge >= 0.3 is 0 Å². The molecule has 18 heavy (non-hydrogen) atoms. The van der Waals surface area contributed by atoms with Crippen LogP contribution < -0.4 is 5.32 Å². The molecule has 4 heteroatoms. The Bertz CT molecular complexity index is 522. The third-order valence-corrected chi connectivity index (χ3v) is 3.45. The lowest BCUT2D eigenvalue weighted by molar-refractivity contribution is 0.495. The van der Waals surface area contributed by atoms with E-state index in [1.165, 1.54) is 5.56 Å². The van der Waals surface area contributed by atoms with Gasteiger partial charge < -0.3 is 9.73 Å². The van der Waals surface area contributed by atoms with Gasteiger partial charge in [-0.2, -0.15) is 0 Å². The van der Waals surface area contributed by atoms with Crippen molar-refractivity contribution in [1.29, 1.82) is 0 Å². The van der Waals surface area contributed by atoms with Gasteiger partial charge in [-0.15, -0.1) is 0 Å². The van der Waals surface area contributed by atoms with Crippen LogP contribution in [0.5, 0.6) is 0 Å². The fourth-order valence-electron chi connectivity index (χ4n) is 1.79. The Kier molecular flexibility index (Phi) is 4.55. The molecule has 2 aromatic rings. The summed E-state index contributed by atoms with van der Waals surface area (Å²) in [5, 5.41) is 3.12. The molecule has 3 nitrogen and oxygen atoms in total. The molecule has 0 bridgehead atoms. The van der Waals surface area contributed by atoms with Crippen LogP contribution in [0.1, 0.15) is 17.9 Å². The quantitative estimate of drug-likeness (QED) is 0.858. The van der Waals surface area contributed by atoms with Gasteiger partial charge in [0.25, 0.3) is 0 Å². The Morgan fingerprint density at radius 1 is 1.39 bits per heavy atom.